The molecule has 0 fully saturated rings. The number of nitrogens with one attached hydrogen (secondary N) is 1. The molecule has 1 rings (SSSR count). The van der Waals surface area contributed by atoms with Crippen molar-refractivity contribution in [3.8, 4) is 0 Å². The number of hydrogen-bond acceptors (Lipinski definition) is 3. The summed E-state index contributed by atoms with van der Waals surface area (Å²) in [4.78, 5) is 5.47. The fourth-order valence-corrected chi connectivity index (χ4v) is 1.99. The summed E-state index contributed by atoms with van der Waals surface area (Å²) >= 11 is 1.75. The maximum absolute atomic E-state index is 4.07. The van der Waals surface area contributed by atoms with E-state index in [1.807, 2.05) is 18.8 Å². The molecular formula is C9H16N2S. The highest BCUT2D eigenvalue weighted by atomic mass is 32.1. The summed E-state index contributed by atoms with van der Waals surface area (Å²) in [6.45, 7) is 3.34. The Labute approximate surface area is 78.0 Å². The molecule has 0 saturated carbocycles. The van der Waals surface area contributed by atoms with Crippen molar-refractivity contribution < 1.29 is 0 Å². The minimum atomic E-state index is 0.760. The standard InChI is InChI=1S/C9H16N2S/c1-3-8(5-10-2)4-9-6-11-7-12-9/h6-8,10H,3-5H2,1-2H3. The van der Waals surface area contributed by atoms with Crippen molar-refractivity contribution in [1.82, 2.24) is 10.3 Å². The minimum absolute atomic E-state index is 0.760. The lowest BCUT2D eigenvalue weighted by atomic mass is 10.0. The second kappa shape index (κ2) is 5.27. The first kappa shape index (κ1) is 9.68. The fraction of sp³-hybridized carbons (Fsp3) is 0.667. The number of thiazole rings is 1. The fourth-order valence-electron chi connectivity index (χ4n) is 1.28. The van der Waals surface area contributed by atoms with Crippen LogP contribution in [0.25, 0.3) is 0 Å². The minimum Gasteiger partial charge on any atom is -0.319 e. The summed E-state index contributed by atoms with van der Waals surface area (Å²) in [6.07, 6.45) is 4.38. The normalized spacial score (nSPS) is 13.2. The maximum Gasteiger partial charge on any atom is 0.0794 e. The van der Waals surface area contributed by atoms with Crippen LogP contribution < -0.4 is 5.32 Å². The third-order valence-electron chi connectivity index (χ3n) is 2.04. The van der Waals surface area contributed by atoms with Crippen LogP contribution >= 0.6 is 11.3 Å². The van der Waals surface area contributed by atoms with Crippen molar-refractivity contribution in [2.75, 3.05) is 13.6 Å². The summed E-state index contributed by atoms with van der Waals surface area (Å²) in [6, 6.07) is 0. The second-order valence-corrected chi connectivity index (χ2v) is 3.97. The molecule has 1 aromatic rings. The van der Waals surface area contributed by atoms with Crippen molar-refractivity contribution in [1.29, 1.82) is 0 Å². The molecule has 0 spiro atoms. The van der Waals surface area contributed by atoms with Crippen molar-refractivity contribution in [3.05, 3.63) is 16.6 Å². The van der Waals surface area contributed by atoms with Gasteiger partial charge in [0.1, 0.15) is 0 Å². The third kappa shape index (κ3) is 2.91. The molecule has 1 atom stereocenters. The molecule has 1 heterocycles. The number of hydrogen-bond donors (Lipinski definition) is 1. The van der Waals surface area contributed by atoms with Crippen molar-refractivity contribution >= 4 is 11.3 Å². The highest BCUT2D eigenvalue weighted by Gasteiger charge is 2.06. The van der Waals surface area contributed by atoms with Crippen LogP contribution in [0.2, 0.25) is 0 Å². The largest absolute Gasteiger partial charge is 0.319 e. The van der Waals surface area contributed by atoms with Gasteiger partial charge in [-0.2, -0.15) is 0 Å². The average Bonchev–Trinajstić information content (AvgIpc) is 2.56. The number of nitrogens with zero attached hydrogens (tertiary/aromatic N) is 1. The van der Waals surface area contributed by atoms with Crippen molar-refractivity contribution in [3.63, 3.8) is 0 Å². The van der Waals surface area contributed by atoms with Crippen LogP contribution in [-0.4, -0.2) is 18.6 Å². The van der Waals surface area contributed by atoms with Gasteiger partial charge in [0, 0.05) is 11.1 Å². The highest BCUT2D eigenvalue weighted by molar-refractivity contribution is 7.09. The van der Waals surface area contributed by atoms with E-state index in [0.29, 0.717) is 0 Å². The Morgan fingerprint density at radius 3 is 3.00 bits per heavy atom. The van der Waals surface area contributed by atoms with Gasteiger partial charge in [-0.3, -0.25) is 4.98 Å². The van der Waals surface area contributed by atoms with Gasteiger partial charge in [-0.25, -0.2) is 0 Å². The Bertz CT molecular complexity index is 196. The van der Waals surface area contributed by atoms with Gasteiger partial charge in [-0.15, -0.1) is 11.3 Å². The van der Waals surface area contributed by atoms with Crippen LogP contribution in [0, 0.1) is 5.92 Å². The van der Waals surface area contributed by atoms with Crippen LogP contribution in [0.3, 0.4) is 0 Å². The molecule has 0 saturated heterocycles. The smallest absolute Gasteiger partial charge is 0.0794 e. The first-order chi connectivity index (χ1) is 5.86. The molecule has 0 aromatic carbocycles. The molecule has 0 aliphatic carbocycles. The molecule has 0 amide bonds. The Balaban J connectivity index is 2.37. The summed E-state index contributed by atoms with van der Waals surface area (Å²) in [5.74, 6) is 0.760. The van der Waals surface area contributed by atoms with E-state index in [2.05, 4.69) is 17.2 Å². The van der Waals surface area contributed by atoms with E-state index in [-0.39, 0.29) is 0 Å². The maximum atomic E-state index is 4.07. The van der Waals surface area contributed by atoms with E-state index in [9.17, 15) is 0 Å². The molecule has 2 nitrogen and oxygen atoms in total. The SMILES string of the molecule is CCC(CNC)Cc1cncs1. The van der Waals surface area contributed by atoms with Crippen molar-refractivity contribution in [2.24, 2.45) is 5.92 Å². The van der Waals surface area contributed by atoms with Crippen LogP contribution in [0.1, 0.15) is 18.2 Å². The molecule has 68 valence electrons. The lowest BCUT2D eigenvalue weighted by Gasteiger charge is -2.11. The molecule has 0 aliphatic heterocycles. The summed E-state index contributed by atoms with van der Waals surface area (Å²) in [7, 11) is 2.01. The van der Waals surface area contributed by atoms with Gasteiger partial charge < -0.3 is 5.32 Å². The first-order valence-corrected chi connectivity index (χ1v) is 5.26. The van der Waals surface area contributed by atoms with E-state index in [4.69, 9.17) is 0 Å². The molecule has 12 heavy (non-hydrogen) atoms. The monoisotopic (exact) mass is 184 g/mol. The third-order valence-corrected chi connectivity index (χ3v) is 2.85. The first-order valence-electron chi connectivity index (χ1n) is 4.38. The molecule has 1 aromatic heterocycles. The second-order valence-electron chi connectivity index (χ2n) is 3.00. The van der Waals surface area contributed by atoms with Gasteiger partial charge in [0.15, 0.2) is 0 Å². The van der Waals surface area contributed by atoms with Crippen LogP contribution in [0.5, 0.6) is 0 Å². The van der Waals surface area contributed by atoms with Gasteiger partial charge in [0.25, 0.3) is 0 Å². The topological polar surface area (TPSA) is 24.9 Å². The lowest BCUT2D eigenvalue weighted by molar-refractivity contribution is 0.484. The highest BCUT2D eigenvalue weighted by Crippen LogP contribution is 2.14. The van der Waals surface area contributed by atoms with Crippen molar-refractivity contribution in [2.45, 2.75) is 19.8 Å². The zero-order valence-electron chi connectivity index (χ0n) is 7.71. The van der Waals surface area contributed by atoms with E-state index in [1.165, 1.54) is 17.7 Å². The Morgan fingerprint density at radius 2 is 2.50 bits per heavy atom. The quantitative estimate of drug-likeness (QED) is 0.756. The molecule has 1 N–H and O–H groups in total. The Morgan fingerprint density at radius 1 is 1.67 bits per heavy atom. The van der Waals surface area contributed by atoms with Crippen LogP contribution in [-0.2, 0) is 6.42 Å². The van der Waals surface area contributed by atoms with Gasteiger partial charge in [-0.1, -0.05) is 13.3 Å². The van der Waals surface area contributed by atoms with Gasteiger partial charge in [0.2, 0.25) is 0 Å². The average molecular weight is 184 g/mol. The Kier molecular flexibility index (Phi) is 4.25. The number of aromatic nitrogens is 1. The Hall–Kier alpha value is -0.410. The zero-order valence-corrected chi connectivity index (χ0v) is 8.53. The summed E-state index contributed by atoms with van der Waals surface area (Å²) < 4.78 is 0. The summed E-state index contributed by atoms with van der Waals surface area (Å²) in [5, 5.41) is 3.22. The van der Waals surface area contributed by atoms with Crippen LogP contribution in [0.4, 0.5) is 0 Å². The van der Waals surface area contributed by atoms with E-state index >= 15 is 0 Å². The lowest BCUT2D eigenvalue weighted by Crippen LogP contribution is -2.19. The molecule has 3 heteroatoms. The summed E-state index contributed by atoms with van der Waals surface area (Å²) in [5.41, 5.74) is 1.90. The van der Waals surface area contributed by atoms with Gasteiger partial charge >= 0.3 is 0 Å². The van der Waals surface area contributed by atoms with E-state index in [1.54, 1.807) is 11.3 Å². The van der Waals surface area contributed by atoms with E-state index < -0.39 is 0 Å². The predicted molar refractivity (Wildman–Crippen MR) is 53.5 cm³/mol. The van der Waals surface area contributed by atoms with E-state index in [0.717, 1.165) is 12.5 Å². The molecule has 0 radical (unpaired) electrons. The molecule has 1 unspecified atom stereocenters. The molecular weight excluding hydrogens is 168 g/mol. The zero-order chi connectivity index (χ0) is 8.81. The van der Waals surface area contributed by atoms with Gasteiger partial charge in [0.05, 0.1) is 5.51 Å². The van der Waals surface area contributed by atoms with Gasteiger partial charge in [-0.05, 0) is 25.9 Å². The van der Waals surface area contributed by atoms with Crippen LogP contribution in [0.15, 0.2) is 11.7 Å². The molecule has 0 bridgehead atoms. The number of rotatable bonds is 5. The predicted octanol–water partition coefficient (Wildman–Crippen LogP) is 1.93. The molecule has 0 aliphatic rings.